The number of nitrogens with one attached hydrogen (secondary N) is 2. The maximum absolute atomic E-state index is 12.4. The molecule has 2 amide bonds. The minimum absolute atomic E-state index is 0.0917. The van der Waals surface area contributed by atoms with Crippen LogP contribution in [0.4, 0.5) is 0 Å². The molecule has 1 saturated heterocycles. The molecule has 5 nitrogen and oxygen atoms in total. The highest BCUT2D eigenvalue weighted by Crippen LogP contribution is 2.13. The molecule has 0 saturated carbocycles. The minimum Gasteiger partial charge on any atom is -0.354 e. The fourth-order valence-corrected chi connectivity index (χ4v) is 3.17. The van der Waals surface area contributed by atoms with Crippen LogP contribution >= 0.6 is 11.3 Å². The van der Waals surface area contributed by atoms with Crippen LogP contribution < -0.4 is 10.6 Å². The van der Waals surface area contributed by atoms with Crippen LogP contribution in [-0.2, 0) is 11.3 Å². The van der Waals surface area contributed by atoms with Crippen molar-refractivity contribution in [3.63, 3.8) is 0 Å². The molecule has 0 aromatic carbocycles. The van der Waals surface area contributed by atoms with Crippen LogP contribution in [0, 0.1) is 0 Å². The SMILES string of the molecule is O=C(N[C@@H]1CCCNC1=O)c1cccn1Cc1cccs1. The lowest BCUT2D eigenvalue weighted by Crippen LogP contribution is -2.50. The third-order valence-electron chi connectivity index (χ3n) is 3.56. The molecule has 1 aliphatic heterocycles. The van der Waals surface area contributed by atoms with E-state index in [2.05, 4.69) is 10.6 Å². The Morgan fingerprint density at radius 3 is 3.10 bits per heavy atom. The third kappa shape index (κ3) is 3.16. The summed E-state index contributed by atoms with van der Waals surface area (Å²) in [6, 6.07) is 7.25. The summed E-state index contributed by atoms with van der Waals surface area (Å²) in [6.07, 6.45) is 3.48. The molecule has 3 rings (SSSR count). The summed E-state index contributed by atoms with van der Waals surface area (Å²) in [7, 11) is 0. The molecule has 3 heterocycles. The fourth-order valence-electron chi connectivity index (χ4n) is 2.47. The van der Waals surface area contributed by atoms with Gasteiger partial charge in [-0.3, -0.25) is 9.59 Å². The highest BCUT2D eigenvalue weighted by molar-refractivity contribution is 7.09. The van der Waals surface area contributed by atoms with Crippen molar-refractivity contribution < 1.29 is 9.59 Å². The summed E-state index contributed by atoms with van der Waals surface area (Å²) < 4.78 is 1.90. The Kier molecular flexibility index (Phi) is 4.06. The molecule has 2 N–H and O–H groups in total. The smallest absolute Gasteiger partial charge is 0.268 e. The average Bonchev–Trinajstić information content (AvgIpc) is 3.13. The maximum Gasteiger partial charge on any atom is 0.268 e. The molecule has 1 fully saturated rings. The molecule has 2 aromatic heterocycles. The lowest BCUT2D eigenvalue weighted by Gasteiger charge is -2.23. The van der Waals surface area contributed by atoms with Gasteiger partial charge in [-0.25, -0.2) is 0 Å². The van der Waals surface area contributed by atoms with Gasteiger partial charge in [0, 0.05) is 17.6 Å². The molecule has 0 spiro atoms. The number of carbonyl (C=O) groups excluding carboxylic acids is 2. The van der Waals surface area contributed by atoms with Gasteiger partial charge < -0.3 is 15.2 Å². The molecule has 1 atom stereocenters. The van der Waals surface area contributed by atoms with Crippen LogP contribution in [-0.4, -0.2) is 29.0 Å². The van der Waals surface area contributed by atoms with Gasteiger partial charge in [0.15, 0.2) is 0 Å². The number of amides is 2. The highest BCUT2D eigenvalue weighted by Gasteiger charge is 2.24. The van der Waals surface area contributed by atoms with E-state index in [1.807, 2.05) is 34.3 Å². The Hall–Kier alpha value is -2.08. The van der Waals surface area contributed by atoms with E-state index in [0.29, 0.717) is 25.2 Å². The first-order valence-electron chi connectivity index (χ1n) is 7.00. The number of carbonyl (C=O) groups is 2. The molecule has 0 aliphatic carbocycles. The summed E-state index contributed by atoms with van der Waals surface area (Å²) >= 11 is 1.66. The van der Waals surface area contributed by atoms with Gasteiger partial charge in [-0.05, 0) is 36.4 Å². The van der Waals surface area contributed by atoms with Gasteiger partial charge in [-0.15, -0.1) is 11.3 Å². The third-order valence-corrected chi connectivity index (χ3v) is 4.42. The van der Waals surface area contributed by atoms with E-state index in [4.69, 9.17) is 0 Å². The first-order valence-corrected chi connectivity index (χ1v) is 7.88. The van der Waals surface area contributed by atoms with Gasteiger partial charge in [0.25, 0.3) is 5.91 Å². The van der Waals surface area contributed by atoms with Crippen molar-refractivity contribution >= 4 is 23.2 Å². The molecule has 6 heteroatoms. The molecule has 2 aromatic rings. The van der Waals surface area contributed by atoms with E-state index in [1.54, 1.807) is 17.4 Å². The molecular formula is C15H17N3O2S. The van der Waals surface area contributed by atoms with Gasteiger partial charge >= 0.3 is 0 Å². The zero-order chi connectivity index (χ0) is 14.7. The first kappa shape index (κ1) is 13.9. The molecule has 0 bridgehead atoms. The average molecular weight is 303 g/mol. The fraction of sp³-hybridized carbons (Fsp3) is 0.333. The van der Waals surface area contributed by atoms with E-state index in [-0.39, 0.29) is 11.8 Å². The Morgan fingerprint density at radius 1 is 1.43 bits per heavy atom. The Bertz CT molecular complexity index is 633. The van der Waals surface area contributed by atoms with Crippen molar-refractivity contribution in [2.24, 2.45) is 0 Å². The zero-order valence-electron chi connectivity index (χ0n) is 11.5. The molecule has 21 heavy (non-hydrogen) atoms. The molecule has 1 aliphatic rings. The van der Waals surface area contributed by atoms with Gasteiger partial charge in [0.2, 0.25) is 5.91 Å². The Morgan fingerprint density at radius 2 is 2.33 bits per heavy atom. The van der Waals surface area contributed by atoms with Gasteiger partial charge in [0.1, 0.15) is 11.7 Å². The second-order valence-electron chi connectivity index (χ2n) is 5.06. The van der Waals surface area contributed by atoms with Crippen LogP contribution in [0.15, 0.2) is 35.8 Å². The number of hydrogen-bond donors (Lipinski definition) is 2. The van der Waals surface area contributed by atoms with Crippen LogP contribution in [0.1, 0.15) is 28.2 Å². The summed E-state index contributed by atoms with van der Waals surface area (Å²) in [6.45, 7) is 1.37. The van der Waals surface area contributed by atoms with Crippen molar-refractivity contribution in [3.8, 4) is 0 Å². The van der Waals surface area contributed by atoms with Crippen molar-refractivity contribution in [1.29, 1.82) is 0 Å². The second-order valence-corrected chi connectivity index (χ2v) is 6.09. The van der Waals surface area contributed by atoms with Crippen LogP contribution in [0.5, 0.6) is 0 Å². The van der Waals surface area contributed by atoms with Crippen LogP contribution in [0.3, 0.4) is 0 Å². The Labute approximate surface area is 127 Å². The van der Waals surface area contributed by atoms with Gasteiger partial charge in [0.05, 0.1) is 6.54 Å². The van der Waals surface area contributed by atoms with Crippen molar-refractivity contribution in [2.75, 3.05) is 6.54 Å². The summed E-state index contributed by atoms with van der Waals surface area (Å²) in [5.41, 5.74) is 0.585. The maximum atomic E-state index is 12.4. The van der Waals surface area contributed by atoms with E-state index < -0.39 is 6.04 Å². The van der Waals surface area contributed by atoms with E-state index in [0.717, 1.165) is 6.42 Å². The standard InChI is InChI=1S/C15H17N3O2S/c19-14-12(5-1-7-16-14)17-15(20)13-6-2-8-18(13)10-11-4-3-9-21-11/h2-4,6,8-9,12H,1,5,7,10H2,(H,16,19)(H,17,20)/t12-/m1/s1. The quantitative estimate of drug-likeness (QED) is 0.901. The van der Waals surface area contributed by atoms with Crippen LogP contribution in [0.25, 0.3) is 0 Å². The normalized spacial score (nSPS) is 18.3. The summed E-state index contributed by atoms with van der Waals surface area (Å²) in [5, 5.41) is 7.62. The van der Waals surface area contributed by atoms with E-state index >= 15 is 0 Å². The van der Waals surface area contributed by atoms with Crippen molar-refractivity contribution in [1.82, 2.24) is 15.2 Å². The summed E-state index contributed by atoms with van der Waals surface area (Å²) in [4.78, 5) is 25.3. The molecule has 0 unspecified atom stereocenters. The van der Waals surface area contributed by atoms with E-state index in [9.17, 15) is 9.59 Å². The number of piperidine rings is 1. The zero-order valence-corrected chi connectivity index (χ0v) is 12.4. The molecular weight excluding hydrogens is 286 g/mol. The number of aromatic nitrogens is 1. The van der Waals surface area contributed by atoms with Crippen molar-refractivity contribution in [3.05, 3.63) is 46.4 Å². The summed E-state index contributed by atoms with van der Waals surface area (Å²) in [5.74, 6) is -0.287. The first-order chi connectivity index (χ1) is 10.2. The predicted octanol–water partition coefficient (Wildman–Crippen LogP) is 1.61. The number of hydrogen-bond acceptors (Lipinski definition) is 3. The highest BCUT2D eigenvalue weighted by atomic mass is 32.1. The topological polar surface area (TPSA) is 63.1 Å². The lowest BCUT2D eigenvalue weighted by atomic mass is 10.1. The van der Waals surface area contributed by atoms with E-state index in [1.165, 1.54) is 4.88 Å². The predicted molar refractivity (Wildman–Crippen MR) is 81.4 cm³/mol. The van der Waals surface area contributed by atoms with Gasteiger partial charge in [-0.2, -0.15) is 0 Å². The lowest BCUT2D eigenvalue weighted by molar-refractivity contribution is -0.124. The Balaban J connectivity index is 1.70. The molecule has 110 valence electrons. The monoisotopic (exact) mass is 303 g/mol. The van der Waals surface area contributed by atoms with Crippen molar-refractivity contribution in [2.45, 2.75) is 25.4 Å². The minimum atomic E-state index is -0.420. The van der Waals surface area contributed by atoms with Crippen LogP contribution in [0.2, 0.25) is 0 Å². The molecule has 0 radical (unpaired) electrons. The number of rotatable bonds is 4. The number of nitrogens with zero attached hydrogens (tertiary/aromatic N) is 1. The number of thiophene rings is 1. The largest absolute Gasteiger partial charge is 0.354 e. The second kappa shape index (κ2) is 6.13. The van der Waals surface area contributed by atoms with Gasteiger partial charge in [-0.1, -0.05) is 6.07 Å².